The van der Waals surface area contributed by atoms with Crippen molar-refractivity contribution in [1.29, 1.82) is 0 Å². The summed E-state index contributed by atoms with van der Waals surface area (Å²) in [7, 11) is 0. The second-order valence-corrected chi connectivity index (χ2v) is 6.85. The molecule has 0 bridgehead atoms. The van der Waals surface area contributed by atoms with Gasteiger partial charge in [0.1, 0.15) is 0 Å². The molecule has 0 heterocycles. The number of hydrogen-bond acceptors (Lipinski definition) is 1. The van der Waals surface area contributed by atoms with E-state index in [4.69, 9.17) is 0 Å². The fourth-order valence-electron chi connectivity index (χ4n) is 2.70. The van der Waals surface area contributed by atoms with Gasteiger partial charge in [0.25, 0.3) is 0 Å². The molecule has 1 heteroatoms. The molecule has 0 radical (unpaired) electrons. The third kappa shape index (κ3) is 6.24. The van der Waals surface area contributed by atoms with E-state index in [9.17, 15) is 0 Å². The maximum Gasteiger partial charge on any atom is 0.00470 e. The topological polar surface area (TPSA) is 12.0 Å². The molecule has 0 spiro atoms. The number of hydrogen-bond donors (Lipinski definition) is 1. The van der Waals surface area contributed by atoms with Crippen molar-refractivity contribution in [2.75, 3.05) is 6.54 Å². The van der Waals surface area contributed by atoms with Gasteiger partial charge in [0.2, 0.25) is 0 Å². The van der Waals surface area contributed by atoms with Crippen LogP contribution in [-0.2, 0) is 5.41 Å². The zero-order chi connectivity index (χ0) is 14.3. The first-order valence-electron chi connectivity index (χ1n) is 7.71. The van der Waals surface area contributed by atoms with Crippen molar-refractivity contribution in [1.82, 2.24) is 5.32 Å². The van der Waals surface area contributed by atoms with Gasteiger partial charge in [-0.15, -0.1) is 0 Å². The van der Waals surface area contributed by atoms with Gasteiger partial charge >= 0.3 is 0 Å². The van der Waals surface area contributed by atoms with Gasteiger partial charge in [-0.25, -0.2) is 0 Å². The summed E-state index contributed by atoms with van der Waals surface area (Å²) < 4.78 is 0. The minimum absolute atomic E-state index is 0.242. The zero-order valence-electron chi connectivity index (χ0n) is 13.4. The molecule has 1 aromatic carbocycles. The Morgan fingerprint density at radius 3 is 2.26 bits per heavy atom. The quantitative estimate of drug-likeness (QED) is 0.665. The van der Waals surface area contributed by atoms with Gasteiger partial charge in [-0.2, -0.15) is 0 Å². The first-order valence-corrected chi connectivity index (χ1v) is 7.71. The Morgan fingerprint density at radius 2 is 1.68 bits per heavy atom. The van der Waals surface area contributed by atoms with E-state index in [1.165, 1.54) is 24.8 Å². The van der Waals surface area contributed by atoms with Crippen molar-refractivity contribution >= 4 is 0 Å². The van der Waals surface area contributed by atoms with Gasteiger partial charge in [-0.3, -0.25) is 0 Å². The van der Waals surface area contributed by atoms with Crippen LogP contribution in [0.5, 0.6) is 0 Å². The molecule has 1 aromatic rings. The molecule has 108 valence electrons. The molecular formula is C18H31N. The lowest BCUT2D eigenvalue weighted by Crippen LogP contribution is -2.33. The highest BCUT2D eigenvalue weighted by Crippen LogP contribution is 2.28. The molecule has 0 aliphatic heterocycles. The Hall–Kier alpha value is -0.820. The van der Waals surface area contributed by atoms with E-state index in [0.717, 1.165) is 12.5 Å². The summed E-state index contributed by atoms with van der Waals surface area (Å²) in [5, 5.41) is 3.66. The maximum absolute atomic E-state index is 3.66. The molecule has 1 N–H and O–H groups in total. The van der Waals surface area contributed by atoms with Gasteiger partial charge in [-0.05, 0) is 49.6 Å². The van der Waals surface area contributed by atoms with Crippen LogP contribution in [0.1, 0.15) is 59.4 Å². The van der Waals surface area contributed by atoms with E-state index >= 15 is 0 Å². The Balaban J connectivity index is 2.37. The molecule has 1 nitrogen and oxygen atoms in total. The third-order valence-corrected chi connectivity index (χ3v) is 3.82. The molecule has 0 saturated heterocycles. The van der Waals surface area contributed by atoms with E-state index in [-0.39, 0.29) is 5.41 Å². The van der Waals surface area contributed by atoms with Crippen LogP contribution < -0.4 is 5.32 Å². The summed E-state index contributed by atoms with van der Waals surface area (Å²) in [5.74, 6) is 0.817. The monoisotopic (exact) mass is 261 g/mol. The molecule has 19 heavy (non-hydrogen) atoms. The fraction of sp³-hybridized carbons (Fsp3) is 0.667. The Labute approximate surface area is 119 Å². The largest absolute Gasteiger partial charge is 0.314 e. The van der Waals surface area contributed by atoms with Crippen molar-refractivity contribution in [3.63, 3.8) is 0 Å². The predicted octanol–water partition coefficient (Wildman–Crippen LogP) is 4.77. The highest BCUT2D eigenvalue weighted by atomic mass is 14.9. The number of rotatable bonds is 8. The average molecular weight is 261 g/mol. The molecule has 1 rings (SSSR count). The summed E-state index contributed by atoms with van der Waals surface area (Å²) in [6.07, 6.45) is 3.79. The molecule has 0 aromatic heterocycles. The maximum atomic E-state index is 3.66. The number of nitrogens with one attached hydrogen (secondary N) is 1. The standard InChI is InChI=1S/C18H31N/c1-15(2)10-9-13-19-16(3)14-18(4,5)17-11-7-6-8-12-17/h6-8,11-12,15-16,19H,9-10,13-14H2,1-5H3. The number of benzene rings is 1. The molecule has 0 amide bonds. The summed E-state index contributed by atoms with van der Waals surface area (Å²) in [5.41, 5.74) is 1.68. The lowest BCUT2D eigenvalue weighted by Gasteiger charge is -2.29. The summed E-state index contributed by atoms with van der Waals surface area (Å²) in [6, 6.07) is 11.4. The summed E-state index contributed by atoms with van der Waals surface area (Å²) in [4.78, 5) is 0. The van der Waals surface area contributed by atoms with E-state index in [1.807, 2.05) is 0 Å². The predicted molar refractivity (Wildman–Crippen MR) is 85.6 cm³/mol. The van der Waals surface area contributed by atoms with Crippen LogP contribution in [0.2, 0.25) is 0 Å². The molecule has 0 saturated carbocycles. The molecule has 0 aliphatic rings. The highest BCUT2D eigenvalue weighted by molar-refractivity contribution is 5.23. The second-order valence-electron chi connectivity index (χ2n) is 6.85. The van der Waals surface area contributed by atoms with Gasteiger partial charge in [-0.1, -0.05) is 58.0 Å². The minimum Gasteiger partial charge on any atom is -0.314 e. The van der Waals surface area contributed by atoms with Crippen LogP contribution >= 0.6 is 0 Å². The van der Waals surface area contributed by atoms with Crippen LogP contribution in [0.4, 0.5) is 0 Å². The summed E-state index contributed by atoms with van der Waals surface area (Å²) >= 11 is 0. The van der Waals surface area contributed by atoms with Gasteiger partial charge in [0, 0.05) is 6.04 Å². The Morgan fingerprint density at radius 1 is 1.05 bits per heavy atom. The van der Waals surface area contributed by atoms with Crippen molar-refractivity contribution < 1.29 is 0 Å². The highest BCUT2D eigenvalue weighted by Gasteiger charge is 2.22. The normalized spacial score (nSPS) is 13.8. The van der Waals surface area contributed by atoms with E-state index < -0.39 is 0 Å². The van der Waals surface area contributed by atoms with E-state index in [2.05, 4.69) is 70.3 Å². The lowest BCUT2D eigenvalue weighted by atomic mass is 9.79. The third-order valence-electron chi connectivity index (χ3n) is 3.82. The van der Waals surface area contributed by atoms with Crippen molar-refractivity contribution in [3.05, 3.63) is 35.9 Å². The second kappa shape index (κ2) is 7.69. The van der Waals surface area contributed by atoms with Gasteiger partial charge in [0.15, 0.2) is 0 Å². The van der Waals surface area contributed by atoms with Crippen LogP contribution in [0.15, 0.2) is 30.3 Å². The lowest BCUT2D eigenvalue weighted by molar-refractivity contribution is 0.382. The molecular weight excluding hydrogens is 230 g/mol. The van der Waals surface area contributed by atoms with Gasteiger partial charge in [0.05, 0.1) is 0 Å². The molecule has 0 fully saturated rings. The van der Waals surface area contributed by atoms with Crippen molar-refractivity contribution in [2.24, 2.45) is 5.92 Å². The Kier molecular flexibility index (Phi) is 6.57. The minimum atomic E-state index is 0.242. The van der Waals surface area contributed by atoms with Crippen LogP contribution in [0.25, 0.3) is 0 Å². The first-order chi connectivity index (χ1) is 8.92. The molecule has 1 atom stereocenters. The Bertz CT molecular complexity index is 340. The SMILES string of the molecule is CC(C)CCCNC(C)CC(C)(C)c1ccccc1. The van der Waals surface area contributed by atoms with Crippen LogP contribution in [0.3, 0.4) is 0 Å². The first kappa shape index (κ1) is 16.2. The zero-order valence-corrected chi connectivity index (χ0v) is 13.4. The fourth-order valence-corrected chi connectivity index (χ4v) is 2.70. The van der Waals surface area contributed by atoms with Crippen molar-refractivity contribution in [3.8, 4) is 0 Å². The smallest absolute Gasteiger partial charge is 0.00470 e. The van der Waals surface area contributed by atoms with Crippen molar-refractivity contribution in [2.45, 2.75) is 65.3 Å². The molecule has 0 aliphatic carbocycles. The van der Waals surface area contributed by atoms with E-state index in [1.54, 1.807) is 0 Å². The van der Waals surface area contributed by atoms with E-state index in [0.29, 0.717) is 6.04 Å². The summed E-state index contributed by atoms with van der Waals surface area (Å²) in [6.45, 7) is 12.7. The van der Waals surface area contributed by atoms with Crippen LogP contribution in [0, 0.1) is 5.92 Å². The average Bonchev–Trinajstić information content (AvgIpc) is 2.35. The van der Waals surface area contributed by atoms with Gasteiger partial charge < -0.3 is 5.32 Å². The molecule has 1 unspecified atom stereocenters. The van der Waals surface area contributed by atoms with Crippen LogP contribution in [-0.4, -0.2) is 12.6 Å².